The van der Waals surface area contributed by atoms with Crippen molar-refractivity contribution in [2.45, 2.75) is 23.5 Å². The first-order valence-corrected chi connectivity index (χ1v) is 12.5. The fourth-order valence-electron chi connectivity index (χ4n) is 3.34. The van der Waals surface area contributed by atoms with Gasteiger partial charge in [0, 0.05) is 9.77 Å². The number of carbonyl (C=O) groups is 4. The highest BCUT2D eigenvalue weighted by atomic mass is 32.2. The molecule has 1 atom stereocenters. The van der Waals surface area contributed by atoms with Crippen LogP contribution in [0.1, 0.15) is 23.7 Å². The zero-order chi connectivity index (χ0) is 24.8. The molecule has 2 heterocycles. The van der Waals surface area contributed by atoms with E-state index in [0.717, 1.165) is 15.3 Å². The largest absolute Gasteiger partial charge is 0.462 e. The Labute approximate surface area is 210 Å². The average Bonchev–Trinajstić information content (AvgIpc) is 3.28. The minimum atomic E-state index is -0.672. The predicted octanol–water partition coefficient (Wildman–Crippen LogP) is 4.58. The highest BCUT2D eigenvalue weighted by Gasteiger charge is 2.29. The summed E-state index contributed by atoms with van der Waals surface area (Å²) in [7, 11) is 0. The molecule has 0 aliphatic carbocycles. The summed E-state index contributed by atoms with van der Waals surface area (Å²) in [4.78, 5) is 51.1. The number of hydrogen-bond donors (Lipinski definition) is 2. The molecular formula is C25H22N2O6S2. The molecule has 180 valence electrons. The number of esters is 2. The van der Waals surface area contributed by atoms with Crippen LogP contribution in [-0.2, 0) is 23.9 Å². The first-order chi connectivity index (χ1) is 16.9. The van der Waals surface area contributed by atoms with Crippen LogP contribution in [0, 0.1) is 0 Å². The Kier molecular flexibility index (Phi) is 7.84. The average molecular weight is 511 g/mol. The van der Waals surface area contributed by atoms with Crippen LogP contribution in [0.15, 0.2) is 65.6 Å². The molecule has 2 aromatic carbocycles. The highest BCUT2D eigenvalue weighted by Crippen LogP contribution is 2.37. The van der Waals surface area contributed by atoms with E-state index in [1.54, 1.807) is 19.1 Å². The number of amides is 2. The predicted molar refractivity (Wildman–Crippen MR) is 135 cm³/mol. The molecule has 2 N–H and O–H groups in total. The molecule has 0 spiro atoms. The maximum Gasteiger partial charge on any atom is 0.341 e. The summed E-state index contributed by atoms with van der Waals surface area (Å²) in [6.45, 7) is 1.34. The monoisotopic (exact) mass is 510 g/mol. The fraction of sp³-hybridized carbons (Fsp3) is 0.200. The summed E-state index contributed by atoms with van der Waals surface area (Å²) in [5.41, 5.74) is 1.82. The third-order valence-corrected chi connectivity index (χ3v) is 7.34. The van der Waals surface area contributed by atoms with Crippen LogP contribution in [0.3, 0.4) is 0 Å². The van der Waals surface area contributed by atoms with Gasteiger partial charge >= 0.3 is 11.9 Å². The van der Waals surface area contributed by atoms with Crippen molar-refractivity contribution in [2.75, 3.05) is 23.8 Å². The zero-order valence-corrected chi connectivity index (χ0v) is 20.4. The molecule has 4 rings (SSSR count). The minimum Gasteiger partial charge on any atom is -0.462 e. The van der Waals surface area contributed by atoms with Crippen molar-refractivity contribution < 1.29 is 28.7 Å². The number of nitrogens with one attached hydrogen (secondary N) is 2. The minimum absolute atomic E-state index is 0.177. The summed E-state index contributed by atoms with van der Waals surface area (Å²) >= 11 is 2.50. The van der Waals surface area contributed by atoms with Crippen LogP contribution in [-0.4, -0.2) is 42.2 Å². The molecule has 10 heteroatoms. The van der Waals surface area contributed by atoms with Gasteiger partial charge in [0.25, 0.3) is 5.91 Å². The lowest BCUT2D eigenvalue weighted by molar-refractivity contribution is -0.147. The molecule has 1 aromatic heterocycles. The van der Waals surface area contributed by atoms with Gasteiger partial charge in [0.05, 0.1) is 29.5 Å². The molecule has 0 unspecified atom stereocenters. The van der Waals surface area contributed by atoms with E-state index in [-0.39, 0.29) is 24.5 Å². The Balaban J connectivity index is 1.36. The molecule has 0 fully saturated rings. The van der Waals surface area contributed by atoms with Crippen LogP contribution >= 0.6 is 23.1 Å². The van der Waals surface area contributed by atoms with Crippen LogP contribution in [0.5, 0.6) is 0 Å². The number of carbonyl (C=O) groups excluding carboxylic acids is 4. The number of benzene rings is 2. The van der Waals surface area contributed by atoms with Crippen molar-refractivity contribution in [2.24, 2.45) is 0 Å². The fourth-order valence-corrected chi connectivity index (χ4v) is 5.50. The molecule has 8 nitrogen and oxygen atoms in total. The number of anilines is 2. The van der Waals surface area contributed by atoms with Gasteiger partial charge in [-0.2, -0.15) is 0 Å². The van der Waals surface area contributed by atoms with Gasteiger partial charge in [-0.25, -0.2) is 4.79 Å². The van der Waals surface area contributed by atoms with E-state index in [9.17, 15) is 19.2 Å². The zero-order valence-electron chi connectivity index (χ0n) is 18.7. The van der Waals surface area contributed by atoms with Gasteiger partial charge < -0.3 is 20.1 Å². The molecule has 0 saturated carbocycles. The summed E-state index contributed by atoms with van der Waals surface area (Å²) in [5, 5.41) is 5.06. The van der Waals surface area contributed by atoms with Gasteiger partial charge in [-0.1, -0.05) is 42.5 Å². The third kappa shape index (κ3) is 6.09. The molecule has 1 aliphatic heterocycles. The highest BCUT2D eigenvalue weighted by molar-refractivity contribution is 8.01. The van der Waals surface area contributed by atoms with Crippen molar-refractivity contribution in [3.63, 3.8) is 0 Å². The summed E-state index contributed by atoms with van der Waals surface area (Å²) in [6.07, 6.45) is -0.177. The van der Waals surface area contributed by atoms with Gasteiger partial charge in [0.2, 0.25) is 5.91 Å². The number of rotatable bonds is 8. The maximum absolute atomic E-state index is 12.5. The first-order valence-electron chi connectivity index (χ1n) is 10.8. The lowest BCUT2D eigenvalue weighted by Gasteiger charge is -2.23. The van der Waals surface area contributed by atoms with Gasteiger partial charge in [0.15, 0.2) is 6.61 Å². The van der Waals surface area contributed by atoms with Gasteiger partial charge in [-0.3, -0.25) is 14.4 Å². The third-order valence-electron chi connectivity index (χ3n) is 4.96. The normalized spacial score (nSPS) is 14.4. The second-order valence-electron chi connectivity index (χ2n) is 7.44. The van der Waals surface area contributed by atoms with E-state index in [1.807, 2.05) is 48.5 Å². The molecule has 35 heavy (non-hydrogen) atoms. The SMILES string of the molecule is CCOC(=O)c1cc(-c2ccccc2)sc1NC(=O)COC(=O)C[C@H]1Sc2ccccc2NC1=O. The summed E-state index contributed by atoms with van der Waals surface area (Å²) in [6, 6.07) is 18.4. The molecule has 1 aliphatic rings. The van der Waals surface area contributed by atoms with E-state index in [4.69, 9.17) is 9.47 Å². The van der Waals surface area contributed by atoms with E-state index >= 15 is 0 Å². The molecule has 0 bridgehead atoms. The number of thiophene rings is 1. The van der Waals surface area contributed by atoms with Crippen molar-refractivity contribution in [3.8, 4) is 10.4 Å². The number of ether oxygens (including phenoxy) is 2. The van der Waals surface area contributed by atoms with E-state index < -0.39 is 29.7 Å². The Bertz CT molecular complexity index is 1260. The summed E-state index contributed by atoms with van der Waals surface area (Å²) < 4.78 is 10.2. The lowest BCUT2D eigenvalue weighted by Crippen LogP contribution is -2.32. The lowest BCUT2D eigenvalue weighted by atomic mass is 10.1. The molecule has 2 amide bonds. The van der Waals surface area contributed by atoms with Gasteiger partial charge in [-0.05, 0) is 30.7 Å². The smallest absolute Gasteiger partial charge is 0.341 e. The van der Waals surface area contributed by atoms with Gasteiger partial charge in [0.1, 0.15) is 5.00 Å². The van der Waals surface area contributed by atoms with E-state index in [2.05, 4.69) is 10.6 Å². The van der Waals surface area contributed by atoms with Crippen molar-refractivity contribution >= 4 is 57.5 Å². The topological polar surface area (TPSA) is 111 Å². The Morgan fingerprint density at radius 3 is 2.54 bits per heavy atom. The van der Waals surface area contributed by atoms with Gasteiger partial charge in [-0.15, -0.1) is 23.1 Å². The summed E-state index contributed by atoms with van der Waals surface area (Å²) in [5.74, 6) is -2.12. The van der Waals surface area contributed by atoms with Crippen LogP contribution in [0.4, 0.5) is 10.7 Å². The van der Waals surface area contributed by atoms with Crippen molar-refractivity contribution in [1.82, 2.24) is 0 Å². The maximum atomic E-state index is 12.5. The quantitative estimate of drug-likeness (QED) is 0.427. The Hall–Kier alpha value is -3.63. The molecule has 0 radical (unpaired) electrons. The number of para-hydroxylation sites is 1. The number of hydrogen-bond acceptors (Lipinski definition) is 8. The molecule has 3 aromatic rings. The standard InChI is InChI=1S/C25H22N2O6S2/c1-2-32-25(31)16-12-19(15-8-4-3-5-9-15)35-24(16)27-21(28)14-33-22(29)13-20-23(30)26-17-10-6-7-11-18(17)34-20/h3-12,20H,2,13-14H2,1H3,(H,26,30)(H,27,28)/t20-/m1/s1. The van der Waals surface area contributed by atoms with E-state index in [0.29, 0.717) is 10.7 Å². The van der Waals surface area contributed by atoms with Crippen molar-refractivity contribution in [1.29, 1.82) is 0 Å². The number of fused-ring (bicyclic) bond motifs is 1. The Morgan fingerprint density at radius 1 is 1.03 bits per heavy atom. The second kappa shape index (κ2) is 11.2. The first kappa shape index (κ1) is 24.5. The molecule has 0 saturated heterocycles. The Morgan fingerprint density at radius 2 is 1.77 bits per heavy atom. The van der Waals surface area contributed by atoms with Crippen molar-refractivity contribution in [3.05, 3.63) is 66.2 Å². The van der Waals surface area contributed by atoms with E-state index in [1.165, 1.54) is 23.1 Å². The molecular weight excluding hydrogens is 488 g/mol. The van der Waals surface area contributed by atoms with Crippen LogP contribution < -0.4 is 10.6 Å². The van der Waals surface area contributed by atoms with Crippen LogP contribution in [0.25, 0.3) is 10.4 Å². The number of thioether (sulfide) groups is 1. The second-order valence-corrected chi connectivity index (χ2v) is 9.74. The van der Waals surface area contributed by atoms with Crippen LogP contribution in [0.2, 0.25) is 0 Å².